The Morgan fingerprint density at radius 1 is 0.821 bits per heavy atom. The van der Waals surface area contributed by atoms with E-state index in [9.17, 15) is 9.59 Å². The Morgan fingerprint density at radius 3 is 2.07 bits per heavy atom. The zero-order valence-electron chi connectivity index (χ0n) is 14.9. The summed E-state index contributed by atoms with van der Waals surface area (Å²) in [7, 11) is 0. The fourth-order valence-electron chi connectivity index (χ4n) is 3.29. The van der Waals surface area contributed by atoms with E-state index in [0.29, 0.717) is 16.8 Å². The van der Waals surface area contributed by atoms with Crippen LogP contribution < -0.4 is 10.6 Å². The molecule has 0 spiro atoms. The SMILES string of the molecule is O=C1NC(c2ccccc2)=C(C(=O)c2ccccc2)C(c2ccc(Br)cc2)N1. The number of carbonyl (C=O) groups is 2. The molecule has 0 aromatic heterocycles. The van der Waals surface area contributed by atoms with Crippen molar-refractivity contribution in [2.75, 3.05) is 0 Å². The monoisotopic (exact) mass is 432 g/mol. The van der Waals surface area contributed by atoms with Crippen molar-refractivity contribution in [2.45, 2.75) is 6.04 Å². The normalized spacial score (nSPS) is 16.3. The van der Waals surface area contributed by atoms with Gasteiger partial charge >= 0.3 is 6.03 Å². The van der Waals surface area contributed by atoms with Gasteiger partial charge in [0.05, 0.1) is 17.3 Å². The van der Waals surface area contributed by atoms with E-state index in [-0.39, 0.29) is 11.8 Å². The molecule has 1 unspecified atom stereocenters. The Bertz CT molecular complexity index is 1040. The summed E-state index contributed by atoms with van der Waals surface area (Å²) in [5.41, 5.74) is 3.25. The number of hydrogen-bond donors (Lipinski definition) is 2. The molecule has 0 bridgehead atoms. The average molecular weight is 433 g/mol. The summed E-state index contributed by atoms with van der Waals surface area (Å²) in [5, 5.41) is 5.75. The first-order valence-electron chi connectivity index (χ1n) is 8.86. The molecule has 1 heterocycles. The van der Waals surface area contributed by atoms with Crippen LogP contribution >= 0.6 is 15.9 Å². The molecule has 1 aliphatic heterocycles. The molecule has 0 fully saturated rings. The maximum Gasteiger partial charge on any atom is 0.320 e. The molecule has 4 nitrogen and oxygen atoms in total. The summed E-state index contributed by atoms with van der Waals surface area (Å²) >= 11 is 3.43. The van der Waals surface area contributed by atoms with Crippen LogP contribution in [0.3, 0.4) is 0 Å². The van der Waals surface area contributed by atoms with Gasteiger partial charge in [-0.25, -0.2) is 4.79 Å². The quantitative estimate of drug-likeness (QED) is 0.563. The van der Waals surface area contributed by atoms with E-state index >= 15 is 0 Å². The first-order chi connectivity index (χ1) is 13.6. The maximum atomic E-state index is 13.5. The summed E-state index contributed by atoms with van der Waals surface area (Å²) in [6, 6.07) is 25.3. The number of nitrogens with one attached hydrogen (secondary N) is 2. The molecule has 3 aromatic rings. The van der Waals surface area contributed by atoms with E-state index in [1.165, 1.54) is 0 Å². The van der Waals surface area contributed by atoms with Crippen molar-refractivity contribution in [3.05, 3.63) is 112 Å². The van der Waals surface area contributed by atoms with E-state index in [1.54, 1.807) is 12.1 Å². The Balaban J connectivity index is 1.92. The second kappa shape index (κ2) is 7.82. The average Bonchev–Trinajstić information content (AvgIpc) is 2.74. The van der Waals surface area contributed by atoms with Gasteiger partial charge in [0.1, 0.15) is 0 Å². The highest BCUT2D eigenvalue weighted by Crippen LogP contribution is 2.33. The number of Topliss-reactive ketones (excluding diaryl/α,β-unsaturated/α-hetero) is 1. The van der Waals surface area contributed by atoms with E-state index in [1.807, 2.05) is 72.8 Å². The van der Waals surface area contributed by atoms with Crippen molar-refractivity contribution in [1.29, 1.82) is 0 Å². The number of urea groups is 1. The number of amides is 2. The standard InChI is InChI=1S/C23H17BrN2O2/c24-18-13-11-16(12-14-18)21-19(22(27)17-9-5-2-6-10-17)20(25-23(28)26-21)15-7-3-1-4-8-15/h1-14,21H,(H2,25,26,28). The van der Waals surface area contributed by atoms with Crippen molar-refractivity contribution in [2.24, 2.45) is 0 Å². The largest absolute Gasteiger partial charge is 0.327 e. The minimum absolute atomic E-state index is 0.125. The van der Waals surface area contributed by atoms with E-state index < -0.39 is 6.04 Å². The Kier molecular flexibility index (Phi) is 5.08. The minimum Gasteiger partial charge on any atom is -0.327 e. The highest BCUT2D eigenvalue weighted by Gasteiger charge is 2.33. The van der Waals surface area contributed by atoms with Crippen LogP contribution in [0, 0.1) is 0 Å². The van der Waals surface area contributed by atoms with Crippen LogP contribution in [-0.4, -0.2) is 11.8 Å². The molecule has 3 aromatic carbocycles. The van der Waals surface area contributed by atoms with Gasteiger partial charge in [-0.05, 0) is 23.3 Å². The number of halogens is 1. The lowest BCUT2D eigenvalue weighted by Gasteiger charge is -2.30. The van der Waals surface area contributed by atoms with E-state index in [4.69, 9.17) is 0 Å². The number of rotatable bonds is 4. The van der Waals surface area contributed by atoms with Crippen LogP contribution in [0.15, 0.2) is 95.0 Å². The van der Waals surface area contributed by atoms with Crippen LogP contribution in [0.25, 0.3) is 5.70 Å². The summed E-state index contributed by atoms with van der Waals surface area (Å²) in [6.45, 7) is 0. The lowest BCUT2D eigenvalue weighted by Crippen LogP contribution is -2.45. The van der Waals surface area contributed by atoms with Crippen LogP contribution in [-0.2, 0) is 0 Å². The second-order valence-electron chi connectivity index (χ2n) is 6.43. The van der Waals surface area contributed by atoms with Gasteiger partial charge in [-0.3, -0.25) is 4.79 Å². The molecule has 138 valence electrons. The van der Waals surface area contributed by atoms with Crippen LogP contribution in [0.4, 0.5) is 4.79 Å². The van der Waals surface area contributed by atoms with Gasteiger partial charge in [-0.15, -0.1) is 0 Å². The fourth-order valence-corrected chi connectivity index (χ4v) is 3.56. The zero-order valence-corrected chi connectivity index (χ0v) is 16.4. The molecule has 2 N–H and O–H groups in total. The molecule has 4 rings (SSSR count). The van der Waals surface area contributed by atoms with Gasteiger partial charge in [0.15, 0.2) is 5.78 Å². The van der Waals surface area contributed by atoms with Crippen LogP contribution in [0.5, 0.6) is 0 Å². The van der Waals surface area contributed by atoms with Gasteiger partial charge in [0.25, 0.3) is 0 Å². The molecule has 0 saturated carbocycles. The second-order valence-corrected chi connectivity index (χ2v) is 7.35. The Morgan fingerprint density at radius 2 is 1.43 bits per heavy atom. The number of benzene rings is 3. The summed E-state index contributed by atoms with van der Waals surface area (Å²) in [5.74, 6) is -0.125. The molecule has 0 saturated heterocycles. The minimum atomic E-state index is -0.551. The molecular weight excluding hydrogens is 416 g/mol. The molecule has 28 heavy (non-hydrogen) atoms. The summed E-state index contributed by atoms with van der Waals surface area (Å²) in [4.78, 5) is 25.9. The van der Waals surface area contributed by atoms with E-state index in [0.717, 1.165) is 15.6 Å². The topological polar surface area (TPSA) is 58.2 Å². The molecule has 0 aliphatic carbocycles. The van der Waals surface area contributed by atoms with Crippen molar-refractivity contribution < 1.29 is 9.59 Å². The smallest absolute Gasteiger partial charge is 0.320 e. The van der Waals surface area contributed by atoms with Crippen molar-refractivity contribution >= 4 is 33.4 Å². The van der Waals surface area contributed by atoms with Crippen molar-refractivity contribution in [3.63, 3.8) is 0 Å². The molecule has 5 heteroatoms. The first-order valence-corrected chi connectivity index (χ1v) is 9.65. The van der Waals surface area contributed by atoms with Gasteiger partial charge in [-0.1, -0.05) is 88.7 Å². The predicted octanol–water partition coefficient (Wildman–Crippen LogP) is 5.10. The summed E-state index contributed by atoms with van der Waals surface area (Å²) < 4.78 is 0.930. The lowest BCUT2D eigenvalue weighted by molar-refractivity contribution is 0.102. The van der Waals surface area contributed by atoms with Crippen molar-refractivity contribution in [3.8, 4) is 0 Å². The number of hydrogen-bond acceptors (Lipinski definition) is 2. The fraction of sp³-hybridized carbons (Fsp3) is 0.0435. The van der Waals surface area contributed by atoms with Gasteiger partial charge < -0.3 is 10.6 Å². The highest BCUT2D eigenvalue weighted by molar-refractivity contribution is 9.10. The van der Waals surface area contributed by atoms with Gasteiger partial charge in [0, 0.05) is 10.0 Å². The summed E-state index contributed by atoms with van der Waals surface area (Å²) in [6.07, 6.45) is 0. The maximum absolute atomic E-state index is 13.5. The van der Waals surface area contributed by atoms with Crippen LogP contribution in [0.1, 0.15) is 27.5 Å². The van der Waals surface area contributed by atoms with Gasteiger partial charge in [0.2, 0.25) is 0 Å². The number of ketones is 1. The van der Waals surface area contributed by atoms with Crippen molar-refractivity contribution in [1.82, 2.24) is 10.6 Å². The Labute approximate surface area is 171 Å². The van der Waals surface area contributed by atoms with E-state index in [2.05, 4.69) is 26.6 Å². The first kappa shape index (κ1) is 18.2. The molecule has 2 amide bonds. The number of carbonyl (C=O) groups excluding carboxylic acids is 2. The lowest BCUT2D eigenvalue weighted by atomic mass is 9.87. The third-order valence-corrected chi connectivity index (χ3v) is 5.15. The highest BCUT2D eigenvalue weighted by atomic mass is 79.9. The Hall–Kier alpha value is -3.18. The molecule has 0 radical (unpaired) electrons. The predicted molar refractivity (Wildman–Crippen MR) is 113 cm³/mol. The van der Waals surface area contributed by atoms with Gasteiger partial charge in [-0.2, -0.15) is 0 Å². The molecule has 1 aliphatic rings. The molecule has 1 atom stereocenters. The molecular formula is C23H17BrN2O2. The third kappa shape index (κ3) is 3.62. The zero-order chi connectivity index (χ0) is 19.5. The third-order valence-electron chi connectivity index (χ3n) is 4.62. The van der Waals surface area contributed by atoms with Crippen LogP contribution in [0.2, 0.25) is 0 Å².